The molecule has 0 aromatic heterocycles. The summed E-state index contributed by atoms with van der Waals surface area (Å²) in [6.07, 6.45) is 0. The molecule has 0 saturated heterocycles. The highest BCUT2D eigenvalue weighted by atomic mass is 35.5. The molecular formula is C17H21ClN2. The normalized spacial score (nSPS) is 10.6. The van der Waals surface area contributed by atoms with E-state index in [4.69, 9.17) is 11.6 Å². The average Bonchev–Trinajstić information content (AvgIpc) is 2.46. The molecule has 0 bridgehead atoms. The quantitative estimate of drug-likeness (QED) is 0.888. The van der Waals surface area contributed by atoms with Gasteiger partial charge in [-0.2, -0.15) is 0 Å². The summed E-state index contributed by atoms with van der Waals surface area (Å²) in [6.45, 7) is 3.84. The molecule has 2 rings (SSSR count). The Balaban J connectivity index is 2.27. The first-order valence-corrected chi connectivity index (χ1v) is 7.26. The third-order valence-electron chi connectivity index (χ3n) is 3.33. The molecule has 0 aliphatic rings. The van der Waals surface area contributed by atoms with Gasteiger partial charge in [-0.05, 0) is 47.5 Å². The molecule has 0 unspecified atom stereocenters. The van der Waals surface area contributed by atoms with Gasteiger partial charge in [-0.15, -0.1) is 0 Å². The SMILES string of the molecule is CCNCc1cc(-c2ccc(N(C)C)cc2)ccc1Cl. The van der Waals surface area contributed by atoms with Crippen molar-refractivity contribution in [2.75, 3.05) is 25.5 Å². The number of rotatable bonds is 5. The van der Waals surface area contributed by atoms with Gasteiger partial charge in [0.25, 0.3) is 0 Å². The zero-order chi connectivity index (χ0) is 14.5. The van der Waals surface area contributed by atoms with Gasteiger partial charge < -0.3 is 10.2 Å². The molecule has 0 radical (unpaired) electrons. The first-order valence-electron chi connectivity index (χ1n) is 6.88. The molecule has 2 nitrogen and oxygen atoms in total. The molecule has 0 atom stereocenters. The predicted molar refractivity (Wildman–Crippen MR) is 88.6 cm³/mol. The van der Waals surface area contributed by atoms with Crippen LogP contribution < -0.4 is 10.2 Å². The van der Waals surface area contributed by atoms with Gasteiger partial charge in [-0.1, -0.05) is 36.7 Å². The van der Waals surface area contributed by atoms with Gasteiger partial charge in [0.1, 0.15) is 0 Å². The molecule has 0 aliphatic heterocycles. The number of benzene rings is 2. The zero-order valence-corrected chi connectivity index (χ0v) is 13.0. The van der Waals surface area contributed by atoms with Crippen molar-refractivity contribution in [3.8, 4) is 11.1 Å². The molecule has 2 aromatic rings. The Bertz CT molecular complexity index is 562. The van der Waals surface area contributed by atoms with E-state index < -0.39 is 0 Å². The molecule has 106 valence electrons. The van der Waals surface area contributed by atoms with Gasteiger partial charge in [0.2, 0.25) is 0 Å². The Hall–Kier alpha value is -1.51. The first kappa shape index (κ1) is 14.9. The number of halogens is 1. The first-order chi connectivity index (χ1) is 9.61. The second-order valence-electron chi connectivity index (χ2n) is 5.03. The Kier molecular flexibility index (Phi) is 5.05. The van der Waals surface area contributed by atoms with Crippen molar-refractivity contribution in [3.63, 3.8) is 0 Å². The fourth-order valence-corrected chi connectivity index (χ4v) is 2.29. The number of anilines is 1. The van der Waals surface area contributed by atoms with Gasteiger partial charge in [-0.25, -0.2) is 0 Å². The Morgan fingerprint density at radius 3 is 2.25 bits per heavy atom. The molecule has 0 aliphatic carbocycles. The van der Waals surface area contributed by atoms with Gasteiger partial charge in [-0.3, -0.25) is 0 Å². The topological polar surface area (TPSA) is 15.3 Å². The zero-order valence-electron chi connectivity index (χ0n) is 12.3. The summed E-state index contributed by atoms with van der Waals surface area (Å²) in [5.41, 5.74) is 4.76. The van der Waals surface area contributed by atoms with Crippen LogP contribution in [0.1, 0.15) is 12.5 Å². The Morgan fingerprint density at radius 2 is 1.65 bits per heavy atom. The van der Waals surface area contributed by atoms with Crippen LogP contribution in [-0.2, 0) is 6.54 Å². The van der Waals surface area contributed by atoms with Gasteiger partial charge in [0, 0.05) is 31.4 Å². The molecule has 1 N–H and O–H groups in total. The van der Waals surface area contributed by atoms with Crippen LogP contribution in [0.4, 0.5) is 5.69 Å². The molecule has 0 spiro atoms. The van der Waals surface area contributed by atoms with Crippen LogP contribution in [0, 0.1) is 0 Å². The van der Waals surface area contributed by atoms with Crippen molar-refractivity contribution in [1.82, 2.24) is 5.32 Å². The number of nitrogens with zero attached hydrogens (tertiary/aromatic N) is 1. The Labute approximate surface area is 126 Å². The highest BCUT2D eigenvalue weighted by Gasteiger charge is 2.04. The van der Waals surface area contributed by atoms with Crippen molar-refractivity contribution in [1.29, 1.82) is 0 Å². The van der Waals surface area contributed by atoms with Crippen LogP contribution in [0.3, 0.4) is 0 Å². The number of nitrogens with one attached hydrogen (secondary N) is 1. The van der Waals surface area contributed by atoms with Crippen molar-refractivity contribution < 1.29 is 0 Å². The van der Waals surface area contributed by atoms with E-state index in [1.165, 1.54) is 16.8 Å². The van der Waals surface area contributed by atoms with Crippen molar-refractivity contribution in [3.05, 3.63) is 53.1 Å². The maximum Gasteiger partial charge on any atom is 0.0451 e. The van der Waals surface area contributed by atoms with Crippen molar-refractivity contribution in [2.45, 2.75) is 13.5 Å². The fourth-order valence-electron chi connectivity index (χ4n) is 2.10. The lowest BCUT2D eigenvalue weighted by Gasteiger charge is -2.13. The highest BCUT2D eigenvalue weighted by molar-refractivity contribution is 6.31. The van der Waals surface area contributed by atoms with E-state index in [9.17, 15) is 0 Å². The largest absolute Gasteiger partial charge is 0.378 e. The molecule has 2 aromatic carbocycles. The van der Waals surface area contributed by atoms with Crippen LogP contribution in [0.5, 0.6) is 0 Å². The van der Waals surface area contributed by atoms with Crippen molar-refractivity contribution >= 4 is 17.3 Å². The van der Waals surface area contributed by atoms with E-state index in [-0.39, 0.29) is 0 Å². The third-order valence-corrected chi connectivity index (χ3v) is 3.70. The van der Waals surface area contributed by atoms with Crippen molar-refractivity contribution in [2.24, 2.45) is 0 Å². The van der Waals surface area contributed by atoms with Gasteiger partial charge >= 0.3 is 0 Å². The minimum absolute atomic E-state index is 0.805. The fraction of sp³-hybridized carbons (Fsp3) is 0.294. The van der Waals surface area contributed by atoms with Crippen LogP contribution in [0.2, 0.25) is 5.02 Å². The standard InChI is InChI=1S/C17H21ClN2/c1-4-19-12-15-11-14(7-10-17(15)18)13-5-8-16(9-6-13)20(2)3/h5-11,19H,4,12H2,1-3H3. The molecule has 0 amide bonds. The maximum absolute atomic E-state index is 6.24. The van der Waals surface area contributed by atoms with Gasteiger partial charge in [0.05, 0.1) is 0 Å². The molecule has 20 heavy (non-hydrogen) atoms. The molecular weight excluding hydrogens is 268 g/mol. The maximum atomic E-state index is 6.24. The van der Waals surface area contributed by atoms with Crippen LogP contribution in [0.15, 0.2) is 42.5 Å². The summed E-state index contributed by atoms with van der Waals surface area (Å²) in [7, 11) is 4.09. The summed E-state index contributed by atoms with van der Waals surface area (Å²) < 4.78 is 0. The van der Waals surface area contributed by atoms with E-state index in [2.05, 4.69) is 53.5 Å². The Morgan fingerprint density at radius 1 is 1.00 bits per heavy atom. The number of hydrogen-bond acceptors (Lipinski definition) is 2. The second kappa shape index (κ2) is 6.78. The average molecular weight is 289 g/mol. The minimum atomic E-state index is 0.805. The molecule has 3 heteroatoms. The lowest BCUT2D eigenvalue weighted by atomic mass is 10.0. The monoisotopic (exact) mass is 288 g/mol. The van der Waals surface area contributed by atoms with Gasteiger partial charge in [0.15, 0.2) is 0 Å². The lowest BCUT2D eigenvalue weighted by molar-refractivity contribution is 0.727. The lowest BCUT2D eigenvalue weighted by Crippen LogP contribution is -2.12. The molecule has 0 saturated carbocycles. The van der Waals surface area contributed by atoms with E-state index in [1.54, 1.807) is 0 Å². The minimum Gasteiger partial charge on any atom is -0.378 e. The van der Waals surface area contributed by atoms with Crippen LogP contribution in [-0.4, -0.2) is 20.6 Å². The van der Waals surface area contributed by atoms with E-state index in [0.717, 1.165) is 23.7 Å². The summed E-state index contributed by atoms with van der Waals surface area (Å²) in [4.78, 5) is 2.10. The molecule has 0 heterocycles. The van der Waals surface area contributed by atoms with E-state index in [0.29, 0.717) is 0 Å². The number of hydrogen-bond donors (Lipinski definition) is 1. The predicted octanol–water partition coefficient (Wildman–Crippen LogP) is 4.18. The van der Waals surface area contributed by atoms with E-state index >= 15 is 0 Å². The van der Waals surface area contributed by atoms with E-state index in [1.807, 2.05) is 20.2 Å². The molecule has 0 fully saturated rings. The summed E-state index contributed by atoms with van der Waals surface area (Å²) in [6, 6.07) is 14.8. The third kappa shape index (κ3) is 3.53. The summed E-state index contributed by atoms with van der Waals surface area (Å²) in [5.74, 6) is 0. The smallest absolute Gasteiger partial charge is 0.0451 e. The second-order valence-corrected chi connectivity index (χ2v) is 5.44. The van der Waals surface area contributed by atoms with Crippen LogP contribution >= 0.6 is 11.6 Å². The van der Waals surface area contributed by atoms with Crippen LogP contribution in [0.25, 0.3) is 11.1 Å². The summed E-state index contributed by atoms with van der Waals surface area (Å²) >= 11 is 6.24. The summed E-state index contributed by atoms with van der Waals surface area (Å²) in [5, 5.41) is 4.14. The highest BCUT2D eigenvalue weighted by Crippen LogP contribution is 2.26.